The van der Waals surface area contributed by atoms with Crippen molar-refractivity contribution in [1.82, 2.24) is 9.88 Å². The molecule has 2 aromatic heterocycles. The molecule has 3 heterocycles. The maximum Gasteiger partial charge on any atom is 0.266 e. The fourth-order valence-corrected chi connectivity index (χ4v) is 2.98. The van der Waals surface area contributed by atoms with E-state index in [1.165, 1.54) is 16.7 Å². The van der Waals surface area contributed by atoms with E-state index in [0.717, 1.165) is 0 Å². The minimum absolute atomic E-state index is 0.109. The first kappa shape index (κ1) is 14.1. The number of carbonyl (C=O) groups excluding carboxylic acids is 1. The van der Waals surface area contributed by atoms with Gasteiger partial charge < -0.3 is 4.42 Å². The monoisotopic (exact) mass is 363 g/mol. The lowest BCUT2D eigenvalue weighted by Gasteiger charge is -2.06. The second-order valence-corrected chi connectivity index (χ2v) is 5.99. The van der Waals surface area contributed by atoms with Crippen LogP contribution in [0.1, 0.15) is 5.76 Å². The average molecular weight is 364 g/mol. The van der Waals surface area contributed by atoms with E-state index in [2.05, 4.69) is 25.9 Å². The van der Waals surface area contributed by atoms with Crippen LogP contribution in [0.5, 0.6) is 0 Å². The molecule has 7 heteroatoms. The highest BCUT2D eigenvalue weighted by Crippen LogP contribution is 2.33. The summed E-state index contributed by atoms with van der Waals surface area (Å²) < 4.78 is 6.01. The van der Waals surface area contributed by atoms with E-state index in [1.807, 2.05) is 12.1 Å². The highest BCUT2D eigenvalue weighted by atomic mass is 79.9. The van der Waals surface area contributed by atoms with E-state index in [0.29, 0.717) is 26.3 Å². The Balaban J connectivity index is 1.89. The molecular weight excluding hydrogens is 354 g/mol. The third-order valence-corrected chi connectivity index (χ3v) is 4.22. The van der Waals surface area contributed by atoms with E-state index in [9.17, 15) is 4.79 Å². The number of nitrogens with zero attached hydrogens (tertiary/aromatic N) is 3. The Morgan fingerprint density at radius 1 is 1.38 bits per heavy atom. The number of pyridine rings is 1. The van der Waals surface area contributed by atoms with Gasteiger partial charge in [0, 0.05) is 19.3 Å². The largest absolute Gasteiger partial charge is 0.450 e. The van der Waals surface area contributed by atoms with Crippen molar-refractivity contribution in [2.45, 2.75) is 0 Å². The molecule has 5 nitrogen and oxygen atoms in total. The number of aliphatic imine (C=N–C) groups is 1. The molecule has 1 amide bonds. The Kier molecular flexibility index (Phi) is 3.94. The van der Waals surface area contributed by atoms with Crippen molar-refractivity contribution in [2.24, 2.45) is 4.99 Å². The van der Waals surface area contributed by atoms with Crippen LogP contribution in [-0.2, 0) is 4.79 Å². The Labute approximate surface area is 133 Å². The molecule has 0 aromatic carbocycles. The molecule has 21 heavy (non-hydrogen) atoms. The minimum atomic E-state index is -0.109. The molecule has 2 aromatic rings. The number of carbonyl (C=O) groups is 1. The minimum Gasteiger partial charge on any atom is -0.450 e. The number of halogens is 1. The quantitative estimate of drug-likeness (QED) is 0.763. The van der Waals surface area contributed by atoms with Gasteiger partial charge in [0.05, 0.1) is 4.91 Å². The maximum absolute atomic E-state index is 12.2. The number of furan rings is 1. The summed E-state index contributed by atoms with van der Waals surface area (Å²) in [4.78, 5) is 22.8. The van der Waals surface area contributed by atoms with Crippen LogP contribution in [0.25, 0.3) is 6.08 Å². The molecule has 0 radical (unpaired) electrons. The SMILES string of the molecule is CN1C(=O)/C(=C\c2ccc(Br)o2)S/C1=N/c1ccccn1. The van der Waals surface area contributed by atoms with Gasteiger partial charge in [-0.25, -0.2) is 9.98 Å². The van der Waals surface area contributed by atoms with E-state index in [1.54, 1.807) is 37.5 Å². The standard InChI is InChI=1S/C14H10BrN3O2S/c1-18-13(19)10(8-9-5-6-11(15)20-9)21-14(18)17-12-4-2-3-7-16-12/h2-8H,1H3/b10-8+,17-14+. The third-order valence-electron chi connectivity index (χ3n) is 2.73. The number of likely N-dealkylation sites (N-methyl/N-ethyl adjacent to an activating group) is 1. The fourth-order valence-electron chi connectivity index (χ4n) is 1.70. The van der Waals surface area contributed by atoms with E-state index >= 15 is 0 Å². The van der Waals surface area contributed by atoms with Gasteiger partial charge in [0.2, 0.25) is 0 Å². The molecule has 0 bridgehead atoms. The van der Waals surface area contributed by atoms with Gasteiger partial charge in [-0.2, -0.15) is 0 Å². The summed E-state index contributed by atoms with van der Waals surface area (Å²) >= 11 is 4.53. The van der Waals surface area contributed by atoms with Crippen molar-refractivity contribution in [1.29, 1.82) is 0 Å². The van der Waals surface area contributed by atoms with Gasteiger partial charge in [0.25, 0.3) is 5.91 Å². The first-order chi connectivity index (χ1) is 10.1. The van der Waals surface area contributed by atoms with E-state index < -0.39 is 0 Å². The first-order valence-electron chi connectivity index (χ1n) is 6.06. The van der Waals surface area contributed by atoms with Gasteiger partial charge in [-0.3, -0.25) is 9.69 Å². The van der Waals surface area contributed by atoms with Gasteiger partial charge in [-0.1, -0.05) is 6.07 Å². The lowest BCUT2D eigenvalue weighted by atomic mass is 10.4. The molecule has 0 atom stereocenters. The lowest BCUT2D eigenvalue weighted by molar-refractivity contribution is -0.121. The molecular formula is C14H10BrN3O2S. The normalized spacial score (nSPS) is 19.0. The second-order valence-electron chi connectivity index (χ2n) is 4.20. The predicted molar refractivity (Wildman–Crippen MR) is 86.1 cm³/mol. The van der Waals surface area contributed by atoms with Crippen LogP contribution in [0.2, 0.25) is 0 Å². The number of hydrogen-bond acceptors (Lipinski definition) is 5. The van der Waals surface area contributed by atoms with E-state index in [4.69, 9.17) is 4.42 Å². The van der Waals surface area contributed by atoms with Gasteiger partial charge >= 0.3 is 0 Å². The predicted octanol–water partition coefficient (Wildman–Crippen LogP) is 3.67. The first-order valence-corrected chi connectivity index (χ1v) is 7.67. The number of aromatic nitrogens is 1. The number of amidine groups is 1. The summed E-state index contributed by atoms with van der Waals surface area (Å²) in [6.07, 6.45) is 3.37. The molecule has 0 aliphatic carbocycles. The molecule has 0 N–H and O–H groups in total. The van der Waals surface area contributed by atoms with Crippen LogP contribution in [0.15, 0.2) is 55.5 Å². The summed E-state index contributed by atoms with van der Waals surface area (Å²) in [6.45, 7) is 0. The van der Waals surface area contributed by atoms with Crippen molar-refractivity contribution in [3.63, 3.8) is 0 Å². The van der Waals surface area contributed by atoms with Crippen molar-refractivity contribution < 1.29 is 9.21 Å². The molecule has 1 aliphatic rings. The van der Waals surface area contributed by atoms with Crippen molar-refractivity contribution in [2.75, 3.05) is 7.05 Å². The van der Waals surface area contributed by atoms with Gasteiger partial charge in [0.1, 0.15) is 5.76 Å². The molecule has 1 saturated heterocycles. The van der Waals surface area contributed by atoms with Crippen LogP contribution in [0.4, 0.5) is 5.82 Å². The summed E-state index contributed by atoms with van der Waals surface area (Å²) in [6, 6.07) is 9.03. The van der Waals surface area contributed by atoms with Gasteiger partial charge in [-0.15, -0.1) is 0 Å². The molecule has 1 aliphatic heterocycles. The van der Waals surface area contributed by atoms with Crippen molar-refractivity contribution in [3.05, 3.63) is 51.9 Å². The summed E-state index contributed by atoms with van der Waals surface area (Å²) in [5.74, 6) is 1.08. The van der Waals surface area contributed by atoms with E-state index in [-0.39, 0.29) is 5.91 Å². The molecule has 0 saturated carbocycles. The zero-order valence-electron chi connectivity index (χ0n) is 11.0. The van der Waals surface area contributed by atoms with Crippen LogP contribution < -0.4 is 0 Å². The zero-order valence-corrected chi connectivity index (χ0v) is 13.4. The third kappa shape index (κ3) is 3.08. The summed E-state index contributed by atoms with van der Waals surface area (Å²) in [7, 11) is 1.69. The number of rotatable bonds is 2. The van der Waals surface area contributed by atoms with Crippen LogP contribution in [-0.4, -0.2) is 28.0 Å². The number of hydrogen-bond donors (Lipinski definition) is 0. The van der Waals surface area contributed by atoms with Crippen molar-refractivity contribution >= 4 is 50.7 Å². The van der Waals surface area contributed by atoms with Gasteiger partial charge in [0.15, 0.2) is 15.7 Å². The number of thioether (sulfide) groups is 1. The second kappa shape index (κ2) is 5.87. The zero-order chi connectivity index (χ0) is 14.8. The number of amides is 1. The van der Waals surface area contributed by atoms with Crippen LogP contribution in [0, 0.1) is 0 Å². The Bertz CT molecular complexity index is 740. The molecule has 0 unspecified atom stereocenters. The van der Waals surface area contributed by atoms with Crippen LogP contribution in [0.3, 0.4) is 0 Å². The highest BCUT2D eigenvalue weighted by molar-refractivity contribution is 9.10. The smallest absolute Gasteiger partial charge is 0.266 e. The maximum atomic E-state index is 12.2. The van der Waals surface area contributed by atoms with Crippen molar-refractivity contribution in [3.8, 4) is 0 Å². The topological polar surface area (TPSA) is 58.7 Å². The highest BCUT2D eigenvalue weighted by Gasteiger charge is 2.30. The molecule has 106 valence electrons. The molecule has 3 rings (SSSR count). The fraction of sp³-hybridized carbons (Fsp3) is 0.0714. The Morgan fingerprint density at radius 2 is 2.24 bits per heavy atom. The lowest BCUT2D eigenvalue weighted by Crippen LogP contribution is -2.23. The molecule has 0 spiro atoms. The van der Waals surface area contributed by atoms with Gasteiger partial charge in [-0.05, 0) is 52.0 Å². The Hall–Kier alpha value is -1.86. The Morgan fingerprint density at radius 3 is 2.90 bits per heavy atom. The average Bonchev–Trinajstić information content (AvgIpc) is 3.00. The summed E-state index contributed by atoms with van der Waals surface area (Å²) in [5.41, 5.74) is 0. The molecule has 1 fully saturated rings. The summed E-state index contributed by atoms with van der Waals surface area (Å²) in [5, 5.41) is 0.593. The van der Waals surface area contributed by atoms with Crippen LogP contribution >= 0.6 is 27.7 Å².